The van der Waals surface area contributed by atoms with E-state index in [0.29, 0.717) is 10.2 Å². The van der Waals surface area contributed by atoms with Crippen molar-refractivity contribution in [3.8, 4) is 10.6 Å². The molecule has 3 heterocycles. The fourth-order valence-electron chi connectivity index (χ4n) is 6.41. The summed E-state index contributed by atoms with van der Waals surface area (Å²) in [4.78, 5) is 5.84. The molecule has 0 radical (unpaired) electrons. The zero-order valence-corrected chi connectivity index (χ0v) is 30.6. The minimum absolute atomic E-state index is 0.212. The molecule has 55 heavy (non-hydrogen) atoms. The van der Waals surface area contributed by atoms with Crippen LogP contribution in [0.2, 0.25) is 0 Å². The number of thiazole rings is 1. The molecule has 2 aliphatic carbocycles. The molecule has 6 aromatic rings. The average Bonchev–Trinajstić information content (AvgIpc) is 3.84. The monoisotopic (exact) mass is 816 g/mol. The lowest BCUT2D eigenvalue weighted by atomic mass is 9.91. The molecule has 0 aliphatic heterocycles. The van der Waals surface area contributed by atoms with Crippen LogP contribution in [0.3, 0.4) is 0 Å². The number of nitrogens with zero attached hydrogens (tertiary/aromatic N) is 2. The van der Waals surface area contributed by atoms with Gasteiger partial charge in [-0.3, -0.25) is 0 Å². The predicted octanol–water partition coefficient (Wildman–Crippen LogP) is 13.4. The summed E-state index contributed by atoms with van der Waals surface area (Å²) in [5, 5.41) is 1.59. The quantitative estimate of drug-likeness (QED) is 0.129. The number of halogens is 12. The van der Waals surface area contributed by atoms with Gasteiger partial charge in [0.1, 0.15) is 5.01 Å². The first-order valence-corrected chi connectivity index (χ1v) is 17.9. The zero-order valence-electron chi connectivity index (χ0n) is 29.0. The summed E-state index contributed by atoms with van der Waals surface area (Å²) >= 11 is 2.84. The SMILES string of the molecule is Cc1cnc(-c2ccccc2)s1.Cc1sc2ccccc2c1C1=C(c2c(C)n(C)c3ccccc23)C(F)(F)C(F)(F)C1(F)F.FC1(F)C=CC(F)(F)C1(F)F. The van der Waals surface area contributed by atoms with Crippen LogP contribution in [0.25, 0.3) is 42.7 Å². The maximum Gasteiger partial charge on any atom is 0.380 e. The third-order valence-corrected chi connectivity index (χ3v) is 11.4. The van der Waals surface area contributed by atoms with E-state index in [-0.39, 0.29) is 32.5 Å². The number of alkyl halides is 12. The van der Waals surface area contributed by atoms with Crippen molar-refractivity contribution in [3.05, 3.63) is 124 Å². The highest BCUT2D eigenvalue weighted by atomic mass is 32.1. The number of aryl methyl sites for hydroxylation is 3. The maximum atomic E-state index is 15.4. The minimum Gasteiger partial charge on any atom is -0.347 e. The summed E-state index contributed by atoms with van der Waals surface area (Å²) in [5.41, 5.74) is -1.19. The average molecular weight is 817 g/mol. The molecule has 0 saturated heterocycles. The van der Waals surface area contributed by atoms with Crippen molar-refractivity contribution in [3.63, 3.8) is 0 Å². The molecule has 3 aromatic carbocycles. The van der Waals surface area contributed by atoms with Gasteiger partial charge in [0.05, 0.1) is 0 Å². The molecule has 0 bridgehead atoms. The summed E-state index contributed by atoms with van der Waals surface area (Å²) in [6.07, 6.45) is 0.951. The molecule has 3 aromatic heterocycles. The van der Waals surface area contributed by atoms with Crippen LogP contribution in [0.5, 0.6) is 0 Å². The summed E-state index contributed by atoms with van der Waals surface area (Å²) in [7, 11) is 1.59. The standard InChI is InChI=1S/C24H17F6NS.C10H9NS.C5H2F6/c1-12-18(14-8-4-6-10-16(14)31(12)3)20-21(23(27,28)24(29,30)22(20,25)26)19-13(2)32-17-11-7-5-9-15(17)19;1-8-7-11-10(12-8)9-5-3-2-4-6-9;6-3(7)1-2-4(8,9)5(3,10)11/h4-11H,1-3H3;2-7H,1H3;1-2H. The molecule has 0 N–H and O–H groups in total. The summed E-state index contributed by atoms with van der Waals surface area (Å²) in [5.74, 6) is -30.5. The highest BCUT2D eigenvalue weighted by Gasteiger charge is 2.80. The molecular formula is C39H28F12N2S2. The van der Waals surface area contributed by atoms with E-state index in [9.17, 15) is 35.1 Å². The topological polar surface area (TPSA) is 17.8 Å². The second-order valence-corrected chi connectivity index (χ2v) is 15.3. The number of fused-ring (bicyclic) bond motifs is 2. The van der Waals surface area contributed by atoms with Crippen LogP contribution in [-0.4, -0.2) is 45.1 Å². The lowest BCUT2D eigenvalue weighted by Crippen LogP contribution is -2.49. The van der Waals surface area contributed by atoms with Crippen molar-refractivity contribution < 1.29 is 52.7 Å². The van der Waals surface area contributed by atoms with E-state index in [1.54, 1.807) is 59.3 Å². The van der Waals surface area contributed by atoms with Crippen LogP contribution in [0, 0.1) is 20.8 Å². The number of rotatable bonds is 3. The third-order valence-electron chi connectivity index (χ3n) is 9.32. The van der Waals surface area contributed by atoms with E-state index in [0.717, 1.165) is 16.3 Å². The van der Waals surface area contributed by atoms with E-state index >= 15 is 17.6 Å². The molecule has 8 rings (SSSR count). The number of aromatic nitrogens is 2. The molecule has 0 amide bonds. The Kier molecular flexibility index (Phi) is 9.89. The van der Waals surface area contributed by atoms with E-state index in [1.165, 1.54) is 36.4 Å². The number of thiophene rings is 1. The second-order valence-electron chi connectivity index (χ2n) is 12.8. The van der Waals surface area contributed by atoms with Gasteiger partial charge in [-0.2, -0.15) is 52.7 Å². The molecule has 0 saturated carbocycles. The number of hydrogen-bond acceptors (Lipinski definition) is 3. The highest BCUT2D eigenvalue weighted by molar-refractivity contribution is 7.19. The Bertz CT molecular complexity index is 2430. The molecule has 290 valence electrons. The fourth-order valence-corrected chi connectivity index (χ4v) is 8.25. The van der Waals surface area contributed by atoms with Gasteiger partial charge in [-0.05, 0) is 45.1 Å². The zero-order chi connectivity index (χ0) is 40.5. The molecule has 2 nitrogen and oxygen atoms in total. The number of allylic oxidation sites excluding steroid dienone is 4. The first-order chi connectivity index (χ1) is 25.5. The van der Waals surface area contributed by atoms with Gasteiger partial charge in [-0.1, -0.05) is 66.7 Å². The third kappa shape index (κ3) is 6.25. The molecule has 2 aliphatic rings. The van der Waals surface area contributed by atoms with Gasteiger partial charge < -0.3 is 4.57 Å². The fraction of sp³-hybridized carbons (Fsp3) is 0.256. The number of benzene rings is 3. The van der Waals surface area contributed by atoms with Gasteiger partial charge in [-0.25, -0.2) is 4.98 Å². The Balaban J connectivity index is 0.000000182. The molecular weight excluding hydrogens is 789 g/mol. The summed E-state index contributed by atoms with van der Waals surface area (Å²) in [6.45, 7) is 5.04. The Morgan fingerprint density at radius 1 is 0.564 bits per heavy atom. The van der Waals surface area contributed by atoms with E-state index in [1.807, 2.05) is 24.4 Å². The Labute approximate surface area is 314 Å². The number of para-hydroxylation sites is 1. The van der Waals surface area contributed by atoms with Crippen LogP contribution < -0.4 is 0 Å². The van der Waals surface area contributed by atoms with Gasteiger partial charge in [0.2, 0.25) is 0 Å². The van der Waals surface area contributed by atoms with Crippen molar-refractivity contribution in [2.24, 2.45) is 7.05 Å². The van der Waals surface area contributed by atoms with E-state index in [2.05, 4.69) is 24.0 Å². The molecule has 0 fully saturated rings. The minimum atomic E-state index is -5.58. The van der Waals surface area contributed by atoms with E-state index < -0.39 is 58.8 Å². The summed E-state index contributed by atoms with van der Waals surface area (Å²) < 4.78 is 165. The normalized spacial score (nSPS) is 19.6. The molecule has 0 unspecified atom stereocenters. The molecule has 0 spiro atoms. The van der Waals surface area contributed by atoms with Crippen molar-refractivity contribution in [1.29, 1.82) is 0 Å². The van der Waals surface area contributed by atoms with E-state index in [4.69, 9.17) is 0 Å². The van der Waals surface area contributed by atoms with Gasteiger partial charge >= 0.3 is 35.5 Å². The Morgan fingerprint density at radius 2 is 1.07 bits per heavy atom. The Hall–Kier alpha value is -4.57. The summed E-state index contributed by atoms with van der Waals surface area (Å²) in [6, 6.07) is 23.0. The first-order valence-electron chi connectivity index (χ1n) is 16.2. The van der Waals surface area contributed by atoms with Crippen molar-refractivity contribution in [1.82, 2.24) is 9.55 Å². The van der Waals surface area contributed by atoms with Crippen molar-refractivity contribution >= 4 is 54.8 Å². The first kappa shape index (κ1) is 40.1. The van der Waals surface area contributed by atoms with Gasteiger partial charge in [-0.15, -0.1) is 22.7 Å². The van der Waals surface area contributed by atoms with Gasteiger partial charge in [0, 0.05) is 77.5 Å². The van der Waals surface area contributed by atoms with Crippen LogP contribution in [-0.2, 0) is 7.05 Å². The van der Waals surface area contributed by atoms with Crippen LogP contribution in [0.15, 0.2) is 97.2 Å². The second kappa shape index (κ2) is 13.6. The van der Waals surface area contributed by atoms with Crippen molar-refractivity contribution in [2.45, 2.75) is 56.3 Å². The lowest BCUT2D eigenvalue weighted by Gasteiger charge is -2.26. The molecule has 0 atom stereocenters. The van der Waals surface area contributed by atoms with Crippen LogP contribution in [0.1, 0.15) is 26.6 Å². The largest absolute Gasteiger partial charge is 0.380 e. The molecule has 16 heteroatoms. The van der Waals surface area contributed by atoms with Crippen LogP contribution in [0.4, 0.5) is 52.7 Å². The maximum absolute atomic E-state index is 15.4. The smallest absolute Gasteiger partial charge is 0.347 e. The lowest BCUT2D eigenvalue weighted by molar-refractivity contribution is -0.259. The van der Waals surface area contributed by atoms with Crippen LogP contribution >= 0.6 is 22.7 Å². The van der Waals surface area contributed by atoms with Gasteiger partial charge in [0.15, 0.2) is 0 Å². The van der Waals surface area contributed by atoms with Crippen molar-refractivity contribution in [2.75, 3.05) is 0 Å². The van der Waals surface area contributed by atoms with Gasteiger partial charge in [0.25, 0.3) is 0 Å². The number of hydrogen-bond donors (Lipinski definition) is 0. The Morgan fingerprint density at radius 3 is 1.60 bits per heavy atom. The predicted molar refractivity (Wildman–Crippen MR) is 192 cm³/mol. The highest BCUT2D eigenvalue weighted by Crippen LogP contribution is 2.66.